The van der Waals surface area contributed by atoms with Crippen LogP contribution in [0.5, 0.6) is 11.5 Å². The summed E-state index contributed by atoms with van der Waals surface area (Å²) in [5.74, 6) is -1.04. The van der Waals surface area contributed by atoms with Gasteiger partial charge in [0.15, 0.2) is 0 Å². The zero-order chi connectivity index (χ0) is 25.3. The molecule has 0 aliphatic carbocycles. The molecule has 0 spiro atoms. The van der Waals surface area contributed by atoms with E-state index in [-0.39, 0.29) is 27.9 Å². The monoisotopic (exact) mass is 460 g/mol. The molecule has 0 bridgehead atoms. The molecular formula is C30H36O4. The van der Waals surface area contributed by atoms with E-state index in [0.717, 1.165) is 29.5 Å². The minimum atomic E-state index is -0.993. The van der Waals surface area contributed by atoms with Crippen molar-refractivity contribution in [3.63, 3.8) is 0 Å². The number of hydrogen-bond acceptors (Lipinski definition) is 3. The van der Waals surface area contributed by atoms with Gasteiger partial charge in [-0.15, -0.1) is 0 Å². The number of carbonyl (C=O) groups is 1. The summed E-state index contributed by atoms with van der Waals surface area (Å²) in [4.78, 5) is 11.4. The Labute approximate surface area is 202 Å². The number of phenolic OH excluding ortho intramolecular Hbond substituents is 2. The standard InChI is InChI=1S/C30H36O4/c1-7-29(3,4)23-13-9-11-21(26(23)31)25(19-15-17-20(18-16-19)28(33)34)22-12-10-14-24(27(22)32)30(5,6)8-2/h9-18,25,31-32H,7-8H2,1-6H3,(H,33,34). The van der Waals surface area contributed by atoms with Crippen LogP contribution in [0.3, 0.4) is 0 Å². The van der Waals surface area contributed by atoms with Gasteiger partial charge in [0.2, 0.25) is 0 Å². The summed E-state index contributed by atoms with van der Waals surface area (Å²) in [6, 6.07) is 18.2. The molecule has 0 radical (unpaired) electrons. The fraction of sp³-hybridized carbons (Fsp3) is 0.367. The molecule has 3 rings (SSSR count). The van der Waals surface area contributed by atoms with Gasteiger partial charge >= 0.3 is 5.97 Å². The van der Waals surface area contributed by atoms with Crippen LogP contribution in [-0.4, -0.2) is 21.3 Å². The number of hydrogen-bond donors (Lipinski definition) is 3. The van der Waals surface area contributed by atoms with Gasteiger partial charge in [-0.3, -0.25) is 0 Å². The predicted octanol–water partition coefficient (Wildman–Crippen LogP) is 7.35. The van der Waals surface area contributed by atoms with Gasteiger partial charge < -0.3 is 15.3 Å². The first kappa shape index (κ1) is 25.4. The van der Waals surface area contributed by atoms with Gasteiger partial charge in [-0.2, -0.15) is 0 Å². The van der Waals surface area contributed by atoms with Crippen molar-refractivity contribution < 1.29 is 20.1 Å². The molecule has 4 heteroatoms. The van der Waals surface area contributed by atoms with E-state index in [4.69, 9.17) is 0 Å². The van der Waals surface area contributed by atoms with E-state index >= 15 is 0 Å². The average Bonchev–Trinajstić information content (AvgIpc) is 2.81. The van der Waals surface area contributed by atoms with Crippen molar-refractivity contribution in [3.05, 3.63) is 94.0 Å². The van der Waals surface area contributed by atoms with E-state index in [9.17, 15) is 20.1 Å². The smallest absolute Gasteiger partial charge is 0.335 e. The van der Waals surface area contributed by atoms with Crippen LogP contribution >= 0.6 is 0 Å². The molecule has 3 aromatic carbocycles. The second kappa shape index (κ2) is 9.54. The Bertz CT molecular complexity index is 1110. The molecule has 0 aliphatic heterocycles. The quantitative estimate of drug-likeness (QED) is 0.307. The summed E-state index contributed by atoms with van der Waals surface area (Å²) >= 11 is 0. The molecule has 0 amide bonds. The summed E-state index contributed by atoms with van der Waals surface area (Å²) in [6.07, 6.45) is 1.71. The van der Waals surface area contributed by atoms with Gasteiger partial charge in [0.1, 0.15) is 11.5 Å². The van der Waals surface area contributed by atoms with Crippen molar-refractivity contribution in [1.29, 1.82) is 0 Å². The highest BCUT2D eigenvalue weighted by Gasteiger charge is 2.31. The van der Waals surface area contributed by atoms with Crippen LogP contribution in [0, 0.1) is 0 Å². The molecule has 0 saturated heterocycles. The lowest BCUT2D eigenvalue weighted by Crippen LogP contribution is -2.18. The van der Waals surface area contributed by atoms with Crippen molar-refractivity contribution in [2.24, 2.45) is 0 Å². The van der Waals surface area contributed by atoms with Crippen LogP contribution in [0.4, 0.5) is 0 Å². The second-order valence-corrected chi connectivity index (χ2v) is 10.3. The Kier molecular flexibility index (Phi) is 7.11. The van der Waals surface area contributed by atoms with E-state index in [1.165, 1.54) is 0 Å². The molecule has 3 N–H and O–H groups in total. The van der Waals surface area contributed by atoms with E-state index < -0.39 is 11.9 Å². The minimum Gasteiger partial charge on any atom is -0.507 e. The van der Waals surface area contributed by atoms with Gasteiger partial charge in [-0.25, -0.2) is 4.79 Å². The van der Waals surface area contributed by atoms with E-state index in [2.05, 4.69) is 41.5 Å². The fourth-order valence-corrected chi connectivity index (χ4v) is 4.41. The van der Waals surface area contributed by atoms with Crippen LogP contribution in [0.1, 0.15) is 98.5 Å². The SMILES string of the molecule is CCC(C)(C)c1cccc(C(c2ccc(C(=O)O)cc2)c2cccc(C(C)(C)CC)c2O)c1O. The van der Waals surface area contributed by atoms with Crippen molar-refractivity contribution in [2.75, 3.05) is 0 Å². The lowest BCUT2D eigenvalue weighted by Gasteiger charge is -2.30. The second-order valence-electron chi connectivity index (χ2n) is 10.3. The topological polar surface area (TPSA) is 77.8 Å². The third kappa shape index (κ3) is 4.68. The normalized spacial score (nSPS) is 12.2. The van der Waals surface area contributed by atoms with Gasteiger partial charge in [0.25, 0.3) is 0 Å². The van der Waals surface area contributed by atoms with Crippen LogP contribution in [0.25, 0.3) is 0 Å². The third-order valence-electron chi connectivity index (χ3n) is 7.47. The summed E-state index contributed by atoms with van der Waals surface area (Å²) in [6.45, 7) is 12.6. The first-order chi connectivity index (χ1) is 15.9. The summed E-state index contributed by atoms with van der Waals surface area (Å²) < 4.78 is 0. The molecule has 0 unspecified atom stereocenters. The van der Waals surface area contributed by atoms with E-state index in [1.807, 2.05) is 36.4 Å². The number of aromatic hydroxyl groups is 2. The molecule has 0 saturated carbocycles. The number of phenols is 2. The van der Waals surface area contributed by atoms with Crippen molar-refractivity contribution in [2.45, 2.75) is 71.1 Å². The average molecular weight is 461 g/mol. The van der Waals surface area contributed by atoms with Gasteiger partial charge in [-0.1, -0.05) is 90.1 Å². The highest BCUT2D eigenvalue weighted by Crippen LogP contribution is 2.47. The molecule has 0 heterocycles. The van der Waals surface area contributed by atoms with Gasteiger partial charge in [-0.05, 0) is 52.5 Å². The molecule has 0 aliphatic rings. The molecule has 0 fully saturated rings. The third-order valence-corrected chi connectivity index (χ3v) is 7.47. The molecule has 3 aromatic rings. The maximum absolute atomic E-state index is 11.5. The first-order valence-corrected chi connectivity index (χ1v) is 11.9. The number of carboxylic acids is 1. The molecule has 34 heavy (non-hydrogen) atoms. The van der Waals surface area contributed by atoms with Gasteiger partial charge in [0.05, 0.1) is 5.56 Å². The van der Waals surface area contributed by atoms with Crippen molar-refractivity contribution >= 4 is 5.97 Å². The number of para-hydroxylation sites is 2. The highest BCUT2D eigenvalue weighted by atomic mass is 16.4. The number of carboxylic acid groups (broad SMARTS) is 1. The van der Waals surface area contributed by atoms with Crippen LogP contribution in [0.15, 0.2) is 60.7 Å². The zero-order valence-electron chi connectivity index (χ0n) is 21.0. The summed E-state index contributed by atoms with van der Waals surface area (Å²) in [5.41, 5.74) is 3.60. The molecule has 4 nitrogen and oxygen atoms in total. The largest absolute Gasteiger partial charge is 0.507 e. The minimum absolute atomic E-state index is 0.192. The van der Waals surface area contributed by atoms with E-state index in [1.54, 1.807) is 24.3 Å². The zero-order valence-corrected chi connectivity index (χ0v) is 21.0. The van der Waals surface area contributed by atoms with Crippen molar-refractivity contribution in [3.8, 4) is 11.5 Å². The maximum Gasteiger partial charge on any atom is 0.335 e. The number of benzene rings is 3. The van der Waals surface area contributed by atoms with Crippen LogP contribution in [-0.2, 0) is 10.8 Å². The summed E-state index contributed by atoms with van der Waals surface area (Å²) in [7, 11) is 0. The van der Waals surface area contributed by atoms with E-state index in [0.29, 0.717) is 11.1 Å². The number of aromatic carboxylic acids is 1. The molecular weight excluding hydrogens is 424 g/mol. The Morgan fingerprint density at radius 3 is 1.50 bits per heavy atom. The fourth-order valence-electron chi connectivity index (χ4n) is 4.41. The Morgan fingerprint density at radius 2 is 1.15 bits per heavy atom. The lowest BCUT2D eigenvalue weighted by molar-refractivity contribution is 0.0697. The maximum atomic E-state index is 11.5. The van der Waals surface area contributed by atoms with Crippen molar-refractivity contribution in [1.82, 2.24) is 0 Å². The molecule has 0 aromatic heterocycles. The Balaban J connectivity index is 2.32. The molecule has 0 atom stereocenters. The van der Waals surface area contributed by atoms with Crippen LogP contribution in [0.2, 0.25) is 0 Å². The number of rotatable bonds is 8. The predicted molar refractivity (Wildman–Crippen MR) is 137 cm³/mol. The molecule has 180 valence electrons. The Morgan fingerprint density at radius 1 is 0.735 bits per heavy atom. The first-order valence-electron chi connectivity index (χ1n) is 11.9. The lowest BCUT2D eigenvalue weighted by atomic mass is 9.75. The van der Waals surface area contributed by atoms with Crippen LogP contribution < -0.4 is 0 Å². The Hall–Kier alpha value is -3.27. The summed E-state index contributed by atoms with van der Waals surface area (Å²) in [5, 5.41) is 32.3. The highest BCUT2D eigenvalue weighted by molar-refractivity contribution is 5.87. The van der Waals surface area contributed by atoms with Gasteiger partial charge in [0, 0.05) is 17.0 Å².